The smallest absolute Gasteiger partial charge is 0.455 e. The van der Waals surface area contributed by atoms with Crippen LogP contribution in [0.3, 0.4) is 0 Å². The van der Waals surface area contributed by atoms with Crippen LogP contribution >= 0.6 is 12.2 Å². The number of hydrogen-bond acceptors (Lipinski definition) is 19. The monoisotopic (exact) mass is 1600 g/mol. The van der Waals surface area contributed by atoms with E-state index in [1.165, 1.54) is 36.5 Å². The largest absolute Gasteiger partial charge is 0.509 e. The Balaban J connectivity index is 0.000000212. The number of fused-ring (bicyclic) bond motifs is 5. The first-order chi connectivity index (χ1) is 53.9. The molecule has 20 unspecified atom stereocenters. The van der Waals surface area contributed by atoms with Crippen molar-refractivity contribution in [2.24, 2.45) is 0 Å². The van der Waals surface area contributed by atoms with Crippen LogP contribution in [0.25, 0.3) is 0 Å². The van der Waals surface area contributed by atoms with Gasteiger partial charge in [0.1, 0.15) is 61.1 Å². The lowest BCUT2D eigenvalue weighted by atomic mass is 9.91. The Labute approximate surface area is 654 Å². The minimum Gasteiger partial charge on any atom is -0.455 e. The molecule has 5 fully saturated rings. The number of ether oxygens (including phenoxy) is 9. The molecule has 24 nitrogen and oxygen atoms in total. The SMILES string of the molecule is CC.CC.CC.CC.CC.CC1(C)OC2C=CC(=O)OC2C(C(F)c2ccccc2)O1.O=C1C=CC2NC(=S)NC(C(F)c3ccccc3)C2O1.O=C1C=CC2NS(=O)(=O)NC(C(F)c3ccccc3)C2O1.O=C1C=CC2OC(=O)OC(C(F)c3ccccc3)C2O1.O=C1NC2C=CC(=O)OC2C(C(F)c2ccccc2)N1. The average Bonchev–Trinajstić information content (AvgIpc) is 0.776. The molecule has 0 spiro atoms. The molecular weight excluding hydrogens is 1500 g/mol. The van der Waals surface area contributed by atoms with E-state index in [1.807, 2.05) is 81.4 Å². The molecule has 10 heterocycles. The summed E-state index contributed by atoms with van der Waals surface area (Å²) in [6, 6.07) is 37.5. The van der Waals surface area contributed by atoms with Crippen LogP contribution in [0.2, 0.25) is 0 Å². The van der Waals surface area contributed by atoms with Gasteiger partial charge in [-0.15, -0.1) is 0 Å². The predicted molar refractivity (Wildman–Crippen MR) is 411 cm³/mol. The summed E-state index contributed by atoms with van der Waals surface area (Å²) in [4.78, 5) is 79.7. The standard InChI is InChI=1S/C16H17FO4.C14H13FN2O3.C14H13FN2O2S.C14H11FO5.C13H13FN2O4S.5C2H6/c1-16(2)20-11-8-9-12(18)19-14(11)15(21-16)13(17)10-6-4-3-5-7-10;15-11(8-4-2-1-3-5-8)12-13-9(16-14(19)17-12)6-7-10(18)20-13;15-11(8-4-2-1-3-5-8)12-13-9(16-14(20)17-12)6-7-10(18)19-13;15-11(8-4-2-1-3-5-8)13-12-9(18-14(17)20-13)6-7-10(16)19-12;14-11(8-4-2-1-3-5-8)12-13-9(6-7-10(17)20-13)15-21(18,19)16-12;5*1-2/h3-9,11,13-15H,1-2H3;1-7,9,11-13H,(H2,16,17,19);1-7,9,11-13H,(H2,16,17,20);1-7,9,11-13H;1-7,9,11-13,15-16H;5*1-2H3. The summed E-state index contributed by atoms with van der Waals surface area (Å²) >= 11 is 5.09. The molecule has 606 valence electrons. The molecule has 15 rings (SSSR count). The number of thiocarbonyl (C=S) groups is 1. The summed E-state index contributed by atoms with van der Waals surface area (Å²) in [5, 5.41) is 11.3. The number of halogens is 5. The molecule has 20 atom stereocenters. The normalized spacial score (nSPS) is 28.2. The second-order valence-electron chi connectivity index (χ2n) is 24.5. The van der Waals surface area contributed by atoms with E-state index < -0.39 is 174 Å². The van der Waals surface area contributed by atoms with Crippen LogP contribution in [0.5, 0.6) is 0 Å². The molecular formula is C81H97F5N6O18S2. The van der Waals surface area contributed by atoms with Crippen LogP contribution in [-0.2, 0) is 76.8 Å². The molecule has 0 aromatic heterocycles. The van der Waals surface area contributed by atoms with Crippen molar-refractivity contribution in [2.45, 2.75) is 211 Å². The van der Waals surface area contributed by atoms with Crippen LogP contribution in [0.15, 0.2) is 212 Å². The Morgan fingerprint density at radius 2 is 0.670 bits per heavy atom. The molecule has 6 N–H and O–H groups in total. The molecule has 10 aliphatic rings. The molecule has 0 radical (unpaired) electrons. The quantitative estimate of drug-likeness (QED) is 0.0327. The highest BCUT2D eigenvalue weighted by Crippen LogP contribution is 2.40. The Kier molecular flexibility index (Phi) is 35.8. The van der Waals surface area contributed by atoms with E-state index in [2.05, 4.69) is 30.7 Å². The van der Waals surface area contributed by atoms with Gasteiger partial charge in [0, 0.05) is 30.4 Å². The van der Waals surface area contributed by atoms with Gasteiger partial charge in [0.25, 0.3) is 10.2 Å². The Morgan fingerprint density at radius 3 is 1.09 bits per heavy atom. The molecule has 0 aliphatic carbocycles. The zero-order valence-electron chi connectivity index (χ0n) is 63.8. The topological polar surface area (TPSA) is 309 Å². The van der Waals surface area contributed by atoms with Crippen LogP contribution < -0.4 is 30.7 Å². The molecule has 5 aromatic carbocycles. The van der Waals surface area contributed by atoms with Crippen molar-refractivity contribution in [3.63, 3.8) is 0 Å². The van der Waals surface area contributed by atoms with E-state index in [4.69, 9.17) is 54.8 Å². The highest BCUT2D eigenvalue weighted by Gasteiger charge is 2.52. The Morgan fingerprint density at radius 1 is 0.348 bits per heavy atom. The van der Waals surface area contributed by atoms with Gasteiger partial charge in [-0.05, 0) is 66.0 Å². The summed E-state index contributed by atoms with van der Waals surface area (Å²) in [5.74, 6) is -3.68. The van der Waals surface area contributed by atoms with Crippen LogP contribution in [0, 0.1) is 0 Å². The van der Waals surface area contributed by atoms with Crippen LogP contribution in [0.1, 0.15) is 142 Å². The third-order valence-electron chi connectivity index (χ3n) is 17.0. The number of carbonyl (C=O) groups is 7. The number of benzene rings is 5. The van der Waals surface area contributed by atoms with E-state index >= 15 is 0 Å². The maximum absolute atomic E-state index is 14.9. The third kappa shape index (κ3) is 24.7. The third-order valence-corrected chi connectivity index (χ3v) is 18.4. The lowest BCUT2D eigenvalue weighted by Crippen LogP contribution is -2.65. The summed E-state index contributed by atoms with van der Waals surface area (Å²) in [7, 11) is -3.86. The highest BCUT2D eigenvalue weighted by atomic mass is 32.2. The van der Waals surface area contributed by atoms with Gasteiger partial charge in [0.15, 0.2) is 47.7 Å². The number of esters is 5. The van der Waals surface area contributed by atoms with Crippen LogP contribution in [-0.4, -0.2) is 153 Å². The average molecular weight is 1600 g/mol. The molecule has 0 saturated carbocycles. The summed E-state index contributed by atoms with van der Waals surface area (Å²) in [6.45, 7) is 23.4. The first-order valence-electron chi connectivity index (χ1n) is 36.9. The molecule has 10 aliphatic heterocycles. The van der Waals surface area contributed by atoms with Gasteiger partial charge >= 0.3 is 42.0 Å². The first kappa shape index (κ1) is 90.7. The van der Waals surface area contributed by atoms with E-state index in [0.29, 0.717) is 32.9 Å². The molecule has 5 aromatic rings. The maximum Gasteiger partial charge on any atom is 0.509 e. The molecule has 0 bridgehead atoms. The van der Waals surface area contributed by atoms with E-state index in [-0.39, 0.29) is 6.04 Å². The minimum atomic E-state index is -3.86. The van der Waals surface area contributed by atoms with Crippen molar-refractivity contribution in [1.29, 1.82) is 0 Å². The van der Waals surface area contributed by atoms with Crippen molar-refractivity contribution >= 4 is 69.6 Å². The molecule has 112 heavy (non-hydrogen) atoms. The fourth-order valence-electron chi connectivity index (χ4n) is 12.4. The van der Waals surface area contributed by atoms with Crippen molar-refractivity contribution in [2.75, 3.05) is 0 Å². The molecule has 2 amide bonds. The van der Waals surface area contributed by atoms with Crippen molar-refractivity contribution in [3.05, 3.63) is 240 Å². The zero-order chi connectivity index (χ0) is 82.4. The van der Waals surface area contributed by atoms with Gasteiger partial charge in [0.05, 0.1) is 24.2 Å². The van der Waals surface area contributed by atoms with Gasteiger partial charge in [-0.1, -0.05) is 239 Å². The Bertz CT molecular complexity index is 3900. The van der Waals surface area contributed by atoms with Crippen molar-refractivity contribution < 1.29 is 107 Å². The lowest BCUT2D eigenvalue weighted by Gasteiger charge is -2.46. The maximum atomic E-state index is 14.9. The second kappa shape index (κ2) is 44.2. The number of cyclic esters (lactones) is 1. The summed E-state index contributed by atoms with van der Waals surface area (Å²) in [6.07, 6.45) is -2.25. The van der Waals surface area contributed by atoms with E-state index in [9.17, 15) is 63.9 Å². The number of hydrogen-bond donors (Lipinski definition) is 6. The number of rotatable bonds is 10. The lowest BCUT2D eigenvalue weighted by molar-refractivity contribution is -0.334. The number of carbonyl (C=O) groups excluding carboxylic acids is 7. The fraction of sp³-hybridized carbons (Fsp3) is 0.407. The van der Waals surface area contributed by atoms with Gasteiger partial charge in [-0.25, -0.2) is 55.5 Å². The number of urea groups is 1. The van der Waals surface area contributed by atoms with Gasteiger partial charge in [-0.2, -0.15) is 17.9 Å². The number of alkyl halides is 5. The first-order valence-corrected chi connectivity index (χ1v) is 38.8. The fourth-order valence-corrected chi connectivity index (χ4v) is 13.9. The number of nitrogens with one attached hydrogen (secondary N) is 6. The number of amides is 2. The summed E-state index contributed by atoms with van der Waals surface area (Å²) in [5.41, 5.74) is 2.11. The van der Waals surface area contributed by atoms with Gasteiger partial charge in [-0.3, -0.25) is 0 Å². The minimum absolute atomic E-state index is 0.298. The predicted octanol–water partition coefficient (Wildman–Crippen LogP) is 12.9. The molecule has 5 saturated heterocycles. The zero-order valence-corrected chi connectivity index (χ0v) is 65.4. The molecule has 31 heteroatoms. The highest BCUT2D eigenvalue weighted by molar-refractivity contribution is 7.87. The second-order valence-corrected chi connectivity index (χ2v) is 26.4. The summed E-state index contributed by atoms with van der Waals surface area (Å²) < 4.78 is 148. The van der Waals surface area contributed by atoms with Crippen molar-refractivity contribution in [1.82, 2.24) is 30.7 Å². The van der Waals surface area contributed by atoms with Crippen LogP contribution in [0.4, 0.5) is 31.5 Å². The van der Waals surface area contributed by atoms with Gasteiger partial charge < -0.3 is 63.9 Å². The Hall–Kier alpha value is -10.2. The van der Waals surface area contributed by atoms with Crippen molar-refractivity contribution in [3.8, 4) is 0 Å². The van der Waals surface area contributed by atoms with E-state index in [0.717, 1.165) is 12.2 Å². The van der Waals surface area contributed by atoms with E-state index in [1.54, 1.807) is 166 Å². The van der Waals surface area contributed by atoms with Gasteiger partial charge in [0.2, 0.25) is 0 Å².